The van der Waals surface area contributed by atoms with Crippen molar-refractivity contribution < 1.29 is 9.53 Å². The lowest BCUT2D eigenvalue weighted by molar-refractivity contribution is -0.118. The molecule has 0 fully saturated rings. The zero-order valence-electron chi connectivity index (χ0n) is 17.4. The molecule has 162 valence electrons. The Hall–Kier alpha value is -2.58. The van der Waals surface area contributed by atoms with Crippen LogP contribution < -0.4 is 15.7 Å². The minimum absolute atomic E-state index is 0.0926. The maximum absolute atomic E-state index is 12.8. The summed E-state index contributed by atoms with van der Waals surface area (Å²) in [6.07, 6.45) is 3.94. The first kappa shape index (κ1) is 21.6. The highest BCUT2D eigenvalue weighted by Gasteiger charge is 2.21. The molecule has 4 rings (SSSR count). The van der Waals surface area contributed by atoms with E-state index in [0.29, 0.717) is 18.1 Å². The number of thioether (sulfide) groups is 1. The molecular formula is C23H25N3O3S2. The van der Waals surface area contributed by atoms with E-state index in [1.54, 1.807) is 18.4 Å². The average Bonchev–Trinajstić information content (AvgIpc) is 3.32. The van der Waals surface area contributed by atoms with Crippen LogP contribution in [0.15, 0.2) is 51.6 Å². The number of ether oxygens (including phenoxy) is 1. The monoisotopic (exact) mass is 455 g/mol. The van der Waals surface area contributed by atoms with Gasteiger partial charge in [-0.25, -0.2) is 4.79 Å². The number of benzene rings is 1. The van der Waals surface area contributed by atoms with Gasteiger partial charge in [0.25, 0.3) is 0 Å². The lowest BCUT2D eigenvalue weighted by Crippen LogP contribution is -2.31. The first-order valence-corrected chi connectivity index (χ1v) is 12.2. The van der Waals surface area contributed by atoms with Crippen LogP contribution in [-0.2, 0) is 30.7 Å². The summed E-state index contributed by atoms with van der Waals surface area (Å²) < 4.78 is 7.14. The molecule has 0 spiro atoms. The highest BCUT2D eigenvalue weighted by Crippen LogP contribution is 2.29. The fraction of sp³-hybridized carbons (Fsp3) is 0.348. The summed E-state index contributed by atoms with van der Waals surface area (Å²) in [4.78, 5) is 30.7. The molecule has 6 nitrogen and oxygen atoms in total. The van der Waals surface area contributed by atoms with E-state index < -0.39 is 0 Å². The molecule has 0 aliphatic heterocycles. The van der Waals surface area contributed by atoms with Gasteiger partial charge in [0.1, 0.15) is 10.8 Å². The van der Waals surface area contributed by atoms with Crippen molar-refractivity contribution in [2.24, 2.45) is 0 Å². The molecule has 0 unspecified atom stereocenters. The first-order valence-electron chi connectivity index (χ1n) is 10.3. The van der Waals surface area contributed by atoms with Crippen molar-refractivity contribution >= 4 is 29.0 Å². The van der Waals surface area contributed by atoms with E-state index in [0.717, 1.165) is 53.1 Å². The number of carbonyl (C=O) groups excluding carboxylic acids is 1. The molecule has 2 aromatic heterocycles. The number of hydrogen-bond donors (Lipinski definition) is 1. The molecule has 31 heavy (non-hydrogen) atoms. The Balaban J connectivity index is 1.45. The molecule has 0 saturated carbocycles. The Morgan fingerprint density at radius 3 is 2.87 bits per heavy atom. The summed E-state index contributed by atoms with van der Waals surface area (Å²) in [5, 5.41) is 5.66. The Morgan fingerprint density at radius 2 is 2.06 bits per heavy atom. The molecule has 1 N–H and O–H groups in total. The maximum atomic E-state index is 12.8. The Labute approximate surface area is 189 Å². The number of nitrogens with one attached hydrogen (secondary N) is 1. The quantitative estimate of drug-likeness (QED) is 0.415. The molecule has 1 aliphatic carbocycles. The van der Waals surface area contributed by atoms with Gasteiger partial charge in [0.15, 0.2) is 0 Å². The second-order valence-electron chi connectivity index (χ2n) is 7.37. The molecule has 1 amide bonds. The molecule has 0 atom stereocenters. The van der Waals surface area contributed by atoms with Crippen molar-refractivity contribution in [2.75, 3.05) is 12.9 Å². The zero-order chi connectivity index (χ0) is 21.6. The second-order valence-corrected chi connectivity index (χ2v) is 9.37. The summed E-state index contributed by atoms with van der Waals surface area (Å²) in [5.41, 5.74) is 2.91. The van der Waals surface area contributed by atoms with Gasteiger partial charge in [0, 0.05) is 28.2 Å². The number of thiophene rings is 1. The molecular weight excluding hydrogens is 430 g/mol. The van der Waals surface area contributed by atoms with Crippen LogP contribution in [0.3, 0.4) is 0 Å². The number of methoxy groups -OCH3 is 1. The van der Waals surface area contributed by atoms with Crippen molar-refractivity contribution in [3.8, 4) is 5.75 Å². The first-order chi connectivity index (χ1) is 15.2. The van der Waals surface area contributed by atoms with Crippen molar-refractivity contribution in [1.29, 1.82) is 0 Å². The topological polar surface area (TPSA) is 73.2 Å². The SMILES string of the molecule is COc1ccccc1CNC(=O)CSc1nc(=O)n(Cc2cccs2)c2c1CCCC2. The van der Waals surface area contributed by atoms with Crippen LogP contribution >= 0.6 is 23.1 Å². The smallest absolute Gasteiger partial charge is 0.349 e. The summed E-state index contributed by atoms with van der Waals surface area (Å²) in [7, 11) is 1.62. The van der Waals surface area contributed by atoms with Gasteiger partial charge in [-0.3, -0.25) is 9.36 Å². The van der Waals surface area contributed by atoms with Crippen LogP contribution in [0, 0.1) is 0 Å². The molecule has 3 aromatic rings. The number of carbonyl (C=O) groups is 1. The number of fused-ring (bicyclic) bond motifs is 1. The van der Waals surface area contributed by atoms with Gasteiger partial charge in [-0.2, -0.15) is 4.98 Å². The van der Waals surface area contributed by atoms with E-state index >= 15 is 0 Å². The fourth-order valence-corrected chi connectivity index (χ4v) is 5.42. The number of nitrogens with zero attached hydrogens (tertiary/aromatic N) is 2. The molecule has 1 aliphatic rings. The van der Waals surface area contributed by atoms with Gasteiger partial charge in [-0.15, -0.1) is 11.3 Å². The van der Waals surface area contributed by atoms with Crippen LogP contribution in [0.25, 0.3) is 0 Å². The lowest BCUT2D eigenvalue weighted by Gasteiger charge is -2.22. The molecule has 2 heterocycles. The second kappa shape index (κ2) is 10.2. The normalized spacial score (nSPS) is 12.9. The Bertz CT molecular complexity index is 1110. The molecule has 1 aromatic carbocycles. The van der Waals surface area contributed by atoms with Gasteiger partial charge in [0.05, 0.1) is 19.4 Å². The highest BCUT2D eigenvalue weighted by atomic mass is 32.2. The zero-order valence-corrected chi connectivity index (χ0v) is 19.1. The maximum Gasteiger partial charge on any atom is 0.349 e. The van der Waals surface area contributed by atoms with Gasteiger partial charge < -0.3 is 10.1 Å². The summed E-state index contributed by atoms with van der Waals surface area (Å²) >= 11 is 3.00. The standard InChI is InChI=1S/C23H25N3O3S2/c1-29-20-11-5-2-7-16(20)13-24-21(27)15-31-22-18-9-3-4-10-19(18)26(23(28)25-22)14-17-8-6-12-30-17/h2,5-8,11-12H,3-4,9-10,13-15H2,1H3,(H,24,27). The minimum atomic E-state index is -0.231. The highest BCUT2D eigenvalue weighted by molar-refractivity contribution is 7.99. The Kier molecular flexibility index (Phi) is 7.09. The van der Waals surface area contributed by atoms with E-state index in [4.69, 9.17) is 4.74 Å². The van der Waals surface area contributed by atoms with Gasteiger partial charge >= 0.3 is 5.69 Å². The number of hydrogen-bond acceptors (Lipinski definition) is 6. The van der Waals surface area contributed by atoms with Gasteiger partial charge in [-0.05, 0) is 43.2 Å². The number of aromatic nitrogens is 2. The predicted molar refractivity (Wildman–Crippen MR) is 124 cm³/mol. The van der Waals surface area contributed by atoms with Crippen molar-refractivity contribution in [3.05, 3.63) is 74.0 Å². The van der Waals surface area contributed by atoms with Crippen LogP contribution in [0.5, 0.6) is 5.75 Å². The largest absolute Gasteiger partial charge is 0.496 e. The van der Waals surface area contributed by atoms with Crippen LogP contribution in [0.2, 0.25) is 0 Å². The van der Waals surface area contributed by atoms with Crippen molar-refractivity contribution in [1.82, 2.24) is 14.9 Å². The summed E-state index contributed by atoms with van der Waals surface area (Å²) in [6.45, 7) is 0.966. The number of rotatable bonds is 8. The third-order valence-electron chi connectivity index (χ3n) is 5.35. The van der Waals surface area contributed by atoms with E-state index in [2.05, 4.69) is 10.3 Å². The minimum Gasteiger partial charge on any atom is -0.496 e. The third kappa shape index (κ3) is 5.19. The Morgan fingerprint density at radius 1 is 1.23 bits per heavy atom. The van der Waals surface area contributed by atoms with Crippen LogP contribution in [0.1, 0.15) is 34.5 Å². The average molecular weight is 456 g/mol. The molecule has 0 bridgehead atoms. The third-order valence-corrected chi connectivity index (χ3v) is 7.23. The van der Waals surface area contributed by atoms with E-state index in [1.165, 1.54) is 11.8 Å². The molecule has 8 heteroatoms. The fourth-order valence-electron chi connectivity index (χ4n) is 3.82. The van der Waals surface area contributed by atoms with Crippen LogP contribution in [0.4, 0.5) is 0 Å². The van der Waals surface area contributed by atoms with E-state index in [-0.39, 0.29) is 17.3 Å². The number of para-hydroxylation sites is 1. The van der Waals surface area contributed by atoms with E-state index in [1.807, 2.05) is 46.3 Å². The van der Waals surface area contributed by atoms with E-state index in [9.17, 15) is 9.59 Å². The van der Waals surface area contributed by atoms with Crippen molar-refractivity contribution in [2.45, 2.75) is 43.8 Å². The summed E-state index contributed by atoms with van der Waals surface area (Å²) in [5.74, 6) is 0.883. The van der Waals surface area contributed by atoms with Gasteiger partial charge in [-0.1, -0.05) is 36.0 Å². The van der Waals surface area contributed by atoms with Gasteiger partial charge in [0.2, 0.25) is 5.91 Å². The van der Waals surface area contributed by atoms with Crippen LogP contribution in [-0.4, -0.2) is 28.3 Å². The van der Waals surface area contributed by atoms with Crippen molar-refractivity contribution in [3.63, 3.8) is 0 Å². The summed E-state index contributed by atoms with van der Waals surface area (Å²) in [6, 6.07) is 11.7. The predicted octanol–water partition coefficient (Wildman–Crippen LogP) is 3.65. The number of amides is 1. The lowest BCUT2D eigenvalue weighted by atomic mass is 9.97. The molecule has 0 saturated heterocycles. The molecule has 0 radical (unpaired) electrons.